The lowest BCUT2D eigenvalue weighted by Gasteiger charge is -2.12. The lowest BCUT2D eigenvalue weighted by atomic mass is 10.1. The van der Waals surface area contributed by atoms with Gasteiger partial charge in [-0.2, -0.15) is 0 Å². The zero-order valence-corrected chi connectivity index (χ0v) is 16.3. The molecule has 1 saturated heterocycles. The van der Waals surface area contributed by atoms with Crippen molar-refractivity contribution in [2.24, 2.45) is 10.9 Å². The summed E-state index contributed by atoms with van der Waals surface area (Å²) in [6, 6.07) is 0. The molecular weight excluding hydrogens is 318 g/mol. The summed E-state index contributed by atoms with van der Waals surface area (Å²) in [7, 11) is 0. The molecule has 0 atom stereocenters. The number of guanidine groups is 1. The molecule has 0 aliphatic carbocycles. The average Bonchev–Trinajstić information content (AvgIpc) is 3.22. The molecule has 0 radical (unpaired) electrons. The highest BCUT2D eigenvalue weighted by Crippen LogP contribution is 2.24. The minimum absolute atomic E-state index is 0.755. The van der Waals surface area contributed by atoms with E-state index in [2.05, 4.69) is 46.7 Å². The standard InChI is InChI=1S/C18H33N5S/c1-4-19-17(20-10-7-8-15(2)3)21-11-9-16-14-24-18(22-16)23-12-5-6-13-23/h14-15H,4-13H2,1-3H3,(H2,19,20,21). The molecule has 0 spiro atoms. The van der Waals surface area contributed by atoms with E-state index in [9.17, 15) is 0 Å². The lowest BCUT2D eigenvalue weighted by molar-refractivity contribution is 0.560. The van der Waals surface area contributed by atoms with Gasteiger partial charge < -0.3 is 15.5 Å². The number of rotatable bonds is 9. The van der Waals surface area contributed by atoms with Crippen molar-refractivity contribution in [2.75, 3.05) is 37.6 Å². The molecule has 2 heterocycles. The third-order valence-electron chi connectivity index (χ3n) is 4.14. The number of aromatic nitrogens is 1. The molecule has 6 heteroatoms. The van der Waals surface area contributed by atoms with Gasteiger partial charge in [-0.15, -0.1) is 11.3 Å². The fourth-order valence-electron chi connectivity index (χ4n) is 2.81. The molecule has 24 heavy (non-hydrogen) atoms. The average molecular weight is 352 g/mol. The van der Waals surface area contributed by atoms with Crippen LogP contribution in [0.3, 0.4) is 0 Å². The topological polar surface area (TPSA) is 52.6 Å². The van der Waals surface area contributed by atoms with E-state index in [1.807, 2.05) is 0 Å². The zero-order chi connectivity index (χ0) is 17.2. The maximum Gasteiger partial charge on any atom is 0.191 e. The van der Waals surface area contributed by atoms with Crippen molar-refractivity contribution < 1.29 is 0 Å². The SMILES string of the molecule is CCNC(=NCCCC(C)C)NCCc1csc(N2CCCC2)n1. The molecule has 1 aliphatic rings. The summed E-state index contributed by atoms with van der Waals surface area (Å²) in [4.78, 5) is 11.8. The van der Waals surface area contributed by atoms with Gasteiger partial charge >= 0.3 is 0 Å². The number of hydrogen-bond donors (Lipinski definition) is 2. The van der Waals surface area contributed by atoms with E-state index >= 15 is 0 Å². The first kappa shape index (κ1) is 19.0. The molecule has 0 aromatic carbocycles. The summed E-state index contributed by atoms with van der Waals surface area (Å²) in [5.74, 6) is 1.68. The van der Waals surface area contributed by atoms with E-state index in [-0.39, 0.29) is 0 Å². The number of aliphatic imine (C=N–C) groups is 1. The van der Waals surface area contributed by atoms with Crippen molar-refractivity contribution in [3.63, 3.8) is 0 Å². The highest BCUT2D eigenvalue weighted by atomic mass is 32.1. The molecule has 1 fully saturated rings. The van der Waals surface area contributed by atoms with Crippen molar-refractivity contribution in [3.05, 3.63) is 11.1 Å². The summed E-state index contributed by atoms with van der Waals surface area (Å²) in [6.45, 7) is 11.6. The summed E-state index contributed by atoms with van der Waals surface area (Å²) in [6.07, 6.45) is 5.94. The fourth-order valence-corrected chi connectivity index (χ4v) is 3.72. The van der Waals surface area contributed by atoms with Crippen molar-refractivity contribution >= 4 is 22.4 Å². The second kappa shape index (κ2) is 10.5. The van der Waals surface area contributed by atoms with Crippen LogP contribution in [0.4, 0.5) is 5.13 Å². The van der Waals surface area contributed by atoms with Gasteiger partial charge in [0.2, 0.25) is 0 Å². The van der Waals surface area contributed by atoms with E-state index < -0.39 is 0 Å². The smallest absolute Gasteiger partial charge is 0.191 e. The van der Waals surface area contributed by atoms with Crippen molar-refractivity contribution in [1.29, 1.82) is 0 Å². The minimum Gasteiger partial charge on any atom is -0.357 e. The molecule has 1 aliphatic heterocycles. The van der Waals surface area contributed by atoms with E-state index in [0.29, 0.717) is 0 Å². The zero-order valence-electron chi connectivity index (χ0n) is 15.5. The number of hydrogen-bond acceptors (Lipinski definition) is 4. The fraction of sp³-hybridized carbons (Fsp3) is 0.778. The van der Waals surface area contributed by atoms with Crippen LogP contribution in [0.5, 0.6) is 0 Å². The van der Waals surface area contributed by atoms with Crippen LogP contribution in [0.2, 0.25) is 0 Å². The first-order valence-corrected chi connectivity index (χ1v) is 10.3. The Kier molecular flexibility index (Phi) is 8.36. The van der Waals surface area contributed by atoms with Crippen LogP contribution in [0.25, 0.3) is 0 Å². The molecule has 0 bridgehead atoms. The van der Waals surface area contributed by atoms with E-state index in [4.69, 9.17) is 4.98 Å². The molecule has 0 saturated carbocycles. The Hall–Kier alpha value is -1.30. The van der Waals surface area contributed by atoms with E-state index in [0.717, 1.165) is 44.4 Å². The molecule has 136 valence electrons. The number of thiazole rings is 1. The summed E-state index contributed by atoms with van der Waals surface area (Å²) < 4.78 is 0. The first-order valence-electron chi connectivity index (χ1n) is 9.40. The van der Waals surface area contributed by atoms with Gasteiger partial charge in [0.1, 0.15) is 0 Å². The lowest BCUT2D eigenvalue weighted by Crippen LogP contribution is -2.38. The normalized spacial score (nSPS) is 15.3. The van der Waals surface area contributed by atoms with Gasteiger partial charge in [0.25, 0.3) is 0 Å². The van der Waals surface area contributed by atoms with E-state index in [1.54, 1.807) is 11.3 Å². The third-order valence-corrected chi connectivity index (χ3v) is 5.09. The van der Waals surface area contributed by atoms with Gasteiger partial charge in [-0.25, -0.2) is 4.98 Å². The molecule has 1 aromatic rings. The van der Waals surface area contributed by atoms with Crippen LogP contribution in [0.15, 0.2) is 10.4 Å². The summed E-state index contributed by atoms with van der Waals surface area (Å²) >= 11 is 1.78. The number of anilines is 1. The van der Waals surface area contributed by atoms with E-state index in [1.165, 1.54) is 43.2 Å². The van der Waals surface area contributed by atoms with Crippen molar-refractivity contribution in [3.8, 4) is 0 Å². The Morgan fingerprint density at radius 2 is 2.12 bits per heavy atom. The molecule has 5 nitrogen and oxygen atoms in total. The number of nitrogens with zero attached hydrogens (tertiary/aromatic N) is 3. The molecule has 0 unspecified atom stereocenters. The van der Waals surface area contributed by atoms with Gasteiger partial charge in [0, 0.05) is 44.5 Å². The third kappa shape index (κ3) is 6.67. The van der Waals surface area contributed by atoms with Crippen LogP contribution in [0, 0.1) is 5.92 Å². The molecule has 1 aromatic heterocycles. The van der Waals surface area contributed by atoms with Crippen LogP contribution in [0.1, 0.15) is 52.1 Å². The maximum absolute atomic E-state index is 4.77. The molecule has 0 amide bonds. The van der Waals surface area contributed by atoms with Gasteiger partial charge in [-0.1, -0.05) is 13.8 Å². The Bertz CT molecular complexity index is 491. The van der Waals surface area contributed by atoms with Gasteiger partial charge in [-0.3, -0.25) is 4.99 Å². The van der Waals surface area contributed by atoms with Gasteiger partial charge in [0.05, 0.1) is 5.69 Å². The molecule has 2 rings (SSSR count). The first-order chi connectivity index (χ1) is 11.7. The Balaban J connectivity index is 1.72. The Labute approximate surface area is 151 Å². The largest absolute Gasteiger partial charge is 0.357 e. The van der Waals surface area contributed by atoms with Crippen LogP contribution < -0.4 is 15.5 Å². The van der Waals surface area contributed by atoms with Crippen LogP contribution in [-0.2, 0) is 6.42 Å². The molecular formula is C18H33N5S. The summed E-state index contributed by atoms with van der Waals surface area (Å²) in [5, 5.41) is 10.1. The Morgan fingerprint density at radius 3 is 2.83 bits per heavy atom. The minimum atomic E-state index is 0.755. The predicted octanol–water partition coefficient (Wildman–Crippen LogP) is 3.28. The highest BCUT2D eigenvalue weighted by molar-refractivity contribution is 7.13. The van der Waals surface area contributed by atoms with Crippen molar-refractivity contribution in [2.45, 2.75) is 52.9 Å². The maximum atomic E-state index is 4.77. The highest BCUT2D eigenvalue weighted by Gasteiger charge is 2.15. The van der Waals surface area contributed by atoms with Crippen LogP contribution >= 0.6 is 11.3 Å². The Morgan fingerprint density at radius 1 is 1.33 bits per heavy atom. The van der Waals surface area contributed by atoms with Gasteiger partial charge in [0.15, 0.2) is 11.1 Å². The molecule has 2 N–H and O–H groups in total. The summed E-state index contributed by atoms with van der Waals surface area (Å²) in [5.41, 5.74) is 1.19. The number of nitrogens with one attached hydrogen (secondary N) is 2. The monoisotopic (exact) mass is 351 g/mol. The second-order valence-electron chi connectivity index (χ2n) is 6.79. The second-order valence-corrected chi connectivity index (χ2v) is 7.63. The quantitative estimate of drug-likeness (QED) is 0.407. The predicted molar refractivity (Wildman–Crippen MR) is 105 cm³/mol. The van der Waals surface area contributed by atoms with Crippen molar-refractivity contribution in [1.82, 2.24) is 15.6 Å². The van der Waals surface area contributed by atoms with Gasteiger partial charge in [-0.05, 0) is 38.5 Å². The van der Waals surface area contributed by atoms with Crippen LogP contribution in [-0.4, -0.2) is 43.7 Å².